The van der Waals surface area contributed by atoms with Crippen LogP contribution in [0.25, 0.3) is 17.1 Å². The van der Waals surface area contributed by atoms with Gasteiger partial charge in [0.25, 0.3) is 5.91 Å². The van der Waals surface area contributed by atoms with Crippen LogP contribution in [0.1, 0.15) is 19.4 Å². The molecule has 10 heteroatoms. The van der Waals surface area contributed by atoms with Gasteiger partial charge in [-0.1, -0.05) is 30.0 Å². The molecular weight excluding hydrogens is 500 g/mol. The SMILES string of the molecule is CCN(CC)c1ccc(C=NNC(=O)CSc2nnc(-c3ccc(OC)cc3)n2-c2ccccc2)c(O)c1. The molecule has 0 saturated heterocycles. The van der Waals surface area contributed by atoms with Crippen LogP contribution in [0.15, 0.2) is 83.1 Å². The highest BCUT2D eigenvalue weighted by Crippen LogP contribution is 2.29. The van der Waals surface area contributed by atoms with E-state index in [-0.39, 0.29) is 17.4 Å². The van der Waals surface area contributed by atoms with Gasteiger partial charge in [-0.25, -0.2) is 5.43 Å². The lowest BCUT2D eigenvalue weighted by Gasteiger charge is -2.21. The van der Waals surface area contributed by atoms with E-state index >= 15 is 0 Å². The van der Waals surface area contributed by atoms with Crippen LogP contribution in [0.2, 0.25) is 0 Å². The fourth-order valence-electron chi connectivity index (χ4n) is 3.86. The normalized spacial score (nSPS) is 11.0. The molecule has 0 radical (unpaired) electrons. The van der Waals surface area contributed by atoms with Crippen LogP contribution in [0.4, 0.5) is 5.69 Å². The van der Waals surface area contributed by atoms with Crippen LogP contribution >= 0.6 is 11.8 Å². The first-order valence-corrected chi connectivity index (χ1v) is 13.2. The Labute approximate surface area is 226 Å². The van der Waals surface area contributed by atoms with Gasteiger partial charge in [-0.15, -0.1) is 10.2 Å². The van der Waals surface area contributed by atoms with E-state index in [1.54, 1.807) is 19.2 Å². The summed E-state index contributed by atoms with van der Waals surface area (Å²) in [7, 11) is 1.62. The number of nitrogens with zero attached hydrogens (tertiary/aromatic N) is 5. The molecule has 0 fully saturated rings. The average Bonchev–Trinajstić information content (AvgIpc) is 3.38. The number of phenolic OH excluding ortho intramolecular Hbond substituents is 1. The third-order valence-electron chi connectivity index (χ3n) is 5.86. The van der Waals surface area contributed by atoms with E-state index < -0.39 is 0 Å². The second-order valence-electron chi connectivity index (χ2n) is 8.20. The number of hydrogen-bond donors (Lipinski definition) is 2. The number of para-hydroxylation sites is 1. The number of anilines is 1. The Hall–Kier alpha value is -4.31. The Morgan fingerprint density at radius 3 is 2.47 bits per heavy atom. The van der Waals surface area contributed by atoms with Crippen molar-refractivity contribution in [2.45, 2.75) is 19.0 Å². The lowest BCUT2D eigenvalue weighted by Crippen LogP contribution is -2.21. The van der Waals surface area contributed by atoms with E-state index in [1.165, 1.54) is 18.0 Å². The summed E-state index contributed by atoms with van der Waals surface area (Å²) in [6.07, 6.45) is 1.43. The molecule has 4 rings (SSSR count). The third kappa shape index (κ3) is 6.33. The van der Waals surface area contributed by atoms with E-state index in [0.29, 0.717) is 16.5 Å². The number of phenols is 1. The highest BCUT2D eigenvalue weighted by atomic mass is 32.2. The number of ether oxygens (including phenoxy) is 1. The quantitative estimate of drug-likeness (QED) is 0.164. The van der Waals surface area contributed by atoms with E-state index in [0.717, 1.165) is 35.8 Å². The number of nitrogens with one attached hydrogen (secondary N) is 1. The zero-order valence-electron chi connectivity index (χ0n) is 21.5. The van der Waals surface area contributed by atoms with Crippen molar-refractivity contribution in [3.63, 3.8) is 0 Å². The number of carbonyl (C=O) groups excluding carboxylic acids is 1. The standard InChI is InChI=1S/C28H30N6O3S/c1-4-33(5-2)23-14-11-21(25(35)17-23)18-29-30-26(36)19-38-28-32-31-27(20-12-15-24(37-3)16-13-20)34(28)22-9-7-6-8-10-22/h6-18,35H,4-5,19H2,1-3H3,(H,30,36). The molecule has 196 valence electrons. The van der Waals surface area contributed by atoms with Crippen LogP contribution < -0.4 is 15.1 Å². The lowest BCUT2D eigenvalue weighted by atomic mass is 10.2. The molecule has 0 atom stereocenters. The first-order valence-electron chi connectivity index (χ1n) is 12.2. The monoisotopic (exact) mass is 530 g/mol. The Morgan fingerprint density at radius 1 is 1.08 bits per heavy atom. The summed E-state index contributed by atoms with van der Waals surface area (Å²) in [5.74, 6) is 1.28. The van der Waals surface area contributed by atoms with Gasteiger partial charge in [-0.05, 0) is 62.4 Å². The molecule has 0 bridgehead atoms. The Balaban J connectivity index is 1.44. The Morgan fingerprint density at radius 2 is 1.82 bits per heavy atom. The Bertz CT molecular complexity index is 1390. The molecule has 2 N–H and O–H groups in total. The second kappa shape index (κ2) is 12.8. The zero-order valence-corrected chi connectivity index (χ0v) is 22.4. The fraction of sp³-hybridized carbons (Fsp3) is 0.214. The van der Waals surface area contributed by atoms with Gasteiger partial charge in [0, 0.05) is 41.7 Å². The van der Waals surface area contributed by atoms with Gasteiger partial charge >= 0.3 is 0 Å². The average molecular weight is 531 g/mol. The number of carbonyl (C=O) groups is 1. The van der Waals surface area contributed by atoms with E-state index in [1.807, 2.05) is 65.2 Å². The molecule has 1 heterocycles. The lowest BCUT2D eigenvalue weighted by molar-refractivity contribution is -0.118. The van der Waals surface area contributed by atoms with Gasteiger partial charge in [0.2, 0.25) is 0 Å². The van der Waals surface area contributed by atoms with Gasteiger partial charge in [0.15, 0.2) is 11.0 Å². The number of amides is 1. The van der Waals surface area contributed by atoms with Crippen LogP contribution in [0.3, 0.4) is 0 Å². The van der Waals surface area contributed by atoms with Crippen LogP contribution in [0, 0.1) is 0 Å². The first-order chi connectivity index (χ1) is 18.5. The number of thioether (sulfide) groups is 1. The molecular formula is C28H30N6O3S. The number of benzene rings is 3. The number of methoxy groups -OCH3 is 1. The molecule has 0 aliphatic rings. The second-order valence-corrected chi connectivity index (χ2v) is 9.15. The van der Waals surface area contributed by atoms with E-state index in [9.17, 15) is 9.90 Å². The molecule has 0 unspecified atom stereocenters. The van der Waals surface area contributed by atoms with Crippen molar-refractivity contribution in [3.8, 4) is 28.6 Å². The largest absolute Gasteiger partial charge is 0.507 e. The van der Waals surface area contributed by atoms with Crippen molar-refractivity contribution >= 4 is 29.6 Å². The summed E-state index contributed by atoms with van der Waals surface area (Å²) in [5.41, 5.74) is 5.72. The van der Waals surface area contributed by atoms with Gasteiger partial charge in [0.05, 0.1) is 19.1 Å². The number of aromatic hydroxyl groups is 1. The first kappa shape index (κ1) is 26.7. The van der Waals surface area contributed by atoms with Gasteiger partial charge in [-0.2, -0.15) is 5.10 Å². The van der Waals surface area contributed by atoms with E-state index in [2.05, 4.69) is 39.5 Å². The molecule has 0 saturated carbocycles. The van der Waals surface area contributed by atoms with Crippen LogP contribution in [-0.2, 0) is 4.79 Å². The van der Waals surface area contributed by atoms with E-state index in [4.69, 9.17) is 4.74 Å². The minimum atomic E-state index is -0.306. The Kier molecular flexibility index (Phi) is 8.99. The maximum Gasteiger partial charge on any atom is 0.250 e. The predicted molar refractivity (Wildman–Crippen MR) is 151 cm³/mol. The summed E-state index contributed by atoms with van der Waals surface area (Å²) < 4.78 is 7.18. The summed E-state index contributed by atoms with van der Waals surface area (Å²) in [6.45, 7) is 5.81. The minimum Gasteiger partial charge on any atom is -0.507 e. The number of rotatable bonds is 11. The van der Waals surface area contributed by atoms with Crippen molar-refractivity contribution in [1.29, 1.82) is 0 Å². The smallest absolute Gasteiger partial charge is 0.250 e. The zero-order chi connectivity index (χ0) is 26.9. The predicted octanol–water partition coefficient (Wildman–Crippen LogP) is 4.74. The maximum absolute atomic E-state index is 12.5. The highest BCUT2D eigenvalue weighted by molar-refractivity contribution is 7.99. The number of hydrogen-bond acceptors (Lipinski definition) is 8. The molecule has 1 aromatic heterocycles. The maximum atomic E-state index is 12.5. The molecule has 3 aromatic carbocycles. The molecule has 0 aliphatic carbocycles. The molecule has 9 nitrogen and oxygen atoms in total. The summed E-state index contributed by atoms with van der Waals surface area (Å²) in [5, 5.41) is 23.7. The summed E-state index contributed by atoms with van der Waals surface area (Å²) in [6, 6.07) is 22.7. The van der Waals surface area contributed by atoms with Crippen LogP contribution in [0.5, 0.6) is 11.5 Å². The fourth-order valence-corrected chi connectivity index (χ4v) is 4.61. The summed E-state index contributed by atoms with van der Waals surface area (Å²) in [4.78, 5) is 14.7. The number of hydrazone groups is 1. The van der Waals surface area contributed by atoms with Crippen molar-refractivity contribution in [3.05, 3.63) is 78.4 Å². The van der Waals surface area contributed by atoms with Crippen LogP contribution in [-0.4, -0.2) is 57.9 Å². The van der Waals surface area contributed by atoms with Crippen molar-refractivity contribution < 1.29 is 14.6 Å². The molecule has 1 amide bonds. The van der Waals surface area contributed by atoms with Crippen molar-refractivity contribution in [1.82, 2.24) is 20.2 Å². The molecule has 0 aliphatic heterocycles. The van der Waals surface area contributed by atoms with Crippen molar-refractivity contribution in [2.24, 2.45) is 5.10 Å². The minimum absolute atomic E-state index is 0.0812. The van der Waals surface area contributed by atoms with Gasteiger partial charge in [-0.3, -0.25) is 9.36 Å². The van der Waals surface area contributed by atoms with Gasteiger partial charge < -0.3 is 14.7 Å². The number of aromatic nitrogens is 3. The third-order valence-corrected chi connectivity index (χ3v) is 6.79. The highest BCUT2D eigenvalue weighted by Gasteiger charge is 2.17. The molecule has 4 aromatic rings. The van der Waals surface area contributed by atoms with Crippen molar-refractivity contribution in [2.75, 3.05) is 30.9 Å². The molecule has 38 heavy (non-hydrogen) atoms. The van der Waals surface area contributed by atoms with Gasteiger partial charge in [0.1, 0.15) is 11.5 Å². The topological polar surface area (TPSA) is 105 Å². The summed E-state index contributed by atoms with van der Waals surface area (Å²) >= 11 is 1.26. The molecule has 0 spiro atoms.